The van der Waals surface area contributed by atoms with Gasteiger partial charge in [-0.05, 0) is 40.5 Å². The van der Waals surface area contributed by atoms with Crippen LogP contribution in [-0.4, -0.2) is 35.8 Å². The first-order chi connectivity index (χ1) is 8.09. The Morgan fingerprint density at radius 1 is 1.22 bits per heavy atom. The molecule has 18 heavy (non-hydrogen) atoms. The maximum absolute atomic E-state index is 12.5. The predicted molar refractivity (Wildman–Crippen MR) is 76.5 cm³/mol. The van der Waals surface area contributed by atoms with E-state index >= 15 is 0 Å². The van der Waals surface area contributed by atoms with Gasteiger partial charge in [0.2, 0.25) is 0 Å². The molecular weight excluding hydrogens is 226 g/mol. The van der Waals surface area contributed by atoms with Gasteiger partial charge in [0.15, 0.2) is 0 Å². The summed E-state index contributed by atoms with van der Waals surface area (Å²) >= 11 is 0. The Morgan fingerprint density at radius 2 is 1.72 bits per heavy atom. The van der Waals surface area contributed by atoms with Gasteiger partial charge in [0.1, 0.15) is 5.60 Å². The largest absolute Gasteiger partial charge is 0.516 e. The fourth-order valence-corrected chi connectivity index (χ4v) is 1.69. The normalized spacial score (nSPS) is 17.4. The van der Waals surface area contributed by atoms with Gasteiger partial charge in [-0.25, -0.2) is 4.48 Å². The number of carbonyl (C=O) groups is 1. The average molecular weight is 258 g/mol. The van der Waals surface area contributed by atoms with Crippen LogP contribution < -0.4 is 0 Å². The van der Waals surface area contributed by atoms with Crippen LogP contribution in [0.2, 0.25) is 0 Å². The van der Waals surface area contributed by atoms with Crippen LogP contribution in [0, 0.1) is 5.92 Å². The number of hydrogen-bond acceptors (Lipinski definition) is 2. The monoisotopic (exact) mass is 258 g/mol. The van der Waals surface area contributed by atoms with E-state index in [2.05, 4.69) is 27.7 Å². The van der Waals surface area contributed by atoms with E-state index in [4.69, 9.17) is 4.74 Å². The van der Waals surface area contributed by atoms with E-state index in [1.807, 2.05) is 27.8 Å². The summed E-state index contributed by atoms with van der Waals surface area (Å²) in [7, 11) is 1.99. The second-order valence-corrected chi connectivity index (χ2v) is 6.54. The van der Waals surface area contributed by atoms with Crippen molar-refractivity contribution in [1.29, 1.82) is 0 Å². The summed E-state index contributed by atoms with van der Waals surface area (Å²) < 4.78 is 6.05. The molecule has 0 aliphatic heterocycles. The lowest BCUT2D eigenvalue weighted by Crippen LogP contribution is -2.57. The number of hydrogen-bond donors (Lipinski definition) is 0. The second kappa shape index (κ2) is 6.55. The maximum Gasteiger partial charge on any atom is 0.516 e. The summed E-state index contributed by atoms with van der Waals surface area (Å²) in [6, 6.07) is 0.235. The molecule has 0 heterocycles. The van der Waals surface area contributed by atoms with Crippen molar-refractivity contribution in [2.75, 3.05) is 13.6 Å². The van der Waals surface area contributed by atoms with E-state index in [1.54, 1.807) is 0 Å². The molecule has 0 radical (unpaired) electrons. The van der Waals surface area contributed by atoms with E-state index in [1.165, 1.54) is 0 Å². The van der Waals surface area contributed by atoms with E-state index in [9.17, 15) is 4.79 Å². The highest BCUT2D eigenvalue weighted by Gasteiger charge is 2.40. The number of amides is 1. The zero-order chi connectivity index (χ0) is 14.6. The smallest absolute Gasteiger partial charge is 0.414 e. The zero-order valence-electron chi connectivity index (χ0n) is 13.5. The van der Waals surface area contributed by atoms with Gasteiger partial charge in [0.05, 0.1) is 19.6 Å². The SMILES string of the molecule is CC[C@@H](C)C[N+](C)(C(=O)OC(C)(C)CC)C(C)C. The molecule has 0 N–H and O–H groups in total. The number of quaternary nitrogens is 1. The molecule has 0 aromatic carbocycles. The van der Waals surface area contributed by atoms with Gasteiger partial charge in [-0.3, -0.25) is 0 Å². The third-order valence-corrected chi connectivity index (χ3v) is 4.16. The van der Waals surface area contributed by atoms with Crippen LogP contribution >= 0.6 is 0 Å². The quantitative estimate of drug-likeness (QED) is 0.667. The van der Waals surface area contributed by atoms with Crippen LogP contribution in [0.1, 0.15) is 61.3 Å². The van der Waals surface area contributed by atoms with Gasteiger partial charge in [-0.1, -0.05) is 20.8 Å². The van der Waals surface area contributed by atoms with Crippen LogP contribution in [0.5, 0.6) is 0 Å². The fraction of sp³-hybridized carbons (Fsp3) is 0.933. The van der Waals surface area contributed by atoms with Gasteiger partial charge in [0.25, 0.3) is 0 Å². The summed E-state index contributed by atoms with van der Waals surface area (Å²) in [5, 5.41) is 0. The third-order valence-electron chi connectivity index (χ3n) is 4.16. The lowest BCUT2D eigenvalue weighted by Gasteiger charge is -2.38. The molecule has 1 unspecified atom stereocenters. The molecule has 3 heteroatoms. The van der Waals surface area contributed by atoms with Crippen molar-refractivity contribution in [2.45, 2.75) is 73.0 Å². The molecule has 0 aromatic heterocycles. The number of rotatable bonds is 6. The van der Waals surface area contributed by atoms with Crippen LogP contribution in [0.3, 0.4) is 0 Å². The van der Waals surface area contributed by atoms with Crippen molar-refractivity contribution < 1.29 is 14.0 Å². The average Bonchev–Trinajstić information content (AvgIpc) is 2.27. The lowest BCUT2D eigenvalue weighted by molar-refractivity contribution is -0.863. The predicted octanol–water partition coefficient (Wildman–Crippen LogP) is 4.21. The van der Waals surface area contributed by atoms with Gasteiger partial charge < -0.3 is 4.74 Å². The number of nitrogens with zero attached hydrogens (tertiary/aromatic N) is 1. The lowest BCUT2D eigenvalue weighted by atomic mass is 10.1. The minimum absolute atomic E-state index is 0.0999. The molecule has 0 aliphatic rings. The van der Waals surface area contributed by atoms with Gasteiger partial charge in [-0.15, -0.1) is 0 Å². The Bertz CT molecular complexity index is 274. The summed E-state index contributed by atoms with van der Waals surface area (Å²) in [5.74, 6) is 0.523. The first-order valence-corrected chi connectivity index (χ1v) is 7.17. The fourth-order valence-electron chi connectivity index (χ4n) is 1.69. The Kier molecular flexibility index (Phi) is 6.35. The molecule has 3 nitrogen and oxygen atoms in total. The molecule has 0 aliphatic carbocycles. The summed E-state index contributed by atoms with van der Waals surface area (Å²) in [6.07, 6.45) is 1.82. The molecule has 0 saturated carbocycles. The van der Waals surface area contributed by atoms with E-state index in [-0.39, 0.29) is 17.7 Å². The third kappa shape index (κ3) is 4.60. The molecule has 1 amide bonds. The van der Waals surface area contributed by atoms with Crippen LogP contribution in [0.25, 0.3) is 0 Å². The van der Waals surface area contributed by atoms with Crippen molar-refractivity contribution in [3.05, 3.63) is 0 Å². The summed E-state index contributed by atoms with van der Waals surface area (Å²) in [5.41, 5.74) is -0.374. The number of ether oxygens (including phenoxy) is 1. The maximum atomic E-state index is 12.5. The summed E-state index contributed by atoms with van der Waals surface area (Å²) in [6.45, 7) is 15.4. The highest BCUT2D eigenvalue weighted by Crippen LogP contribution is 2.23. The Labute approximate surface area is 113 Å². The molecule has 0 fully saturated rings. The molecule has 108 valence electrons. The molecular formula is C15H32NO2+. The molecule has 2 atom stereocenters. The minimum atomic E-state index is -0.374. The highest BCUT2D eigenvalue weighted by molar-refractivity contribution is 5.60. The van der Waals surface area contributed by atoms with Crippen LogP contribution in [-0.2, 0) is 4.74 Å². The zero-order valence-corrected chi connectivity index (χ0v) is 13.5. The molecule has 0 bridgehead atoms. The Balaban J connectivity index is 4.94. The topological polar surface area (TPSA) is 26.3 Å². The highest BCUT2D eigenvalue weighted by atomic mass is 16.6. The first kappa shape index (κ1) is 17.4. The van der Waals surface area contributed by atoms with E-state index in [0.717, 1.165) is 19.4 Å². The van der Waals surface area contributed by atoms with Crippen LogP contribution in [0.4, 0.5) is 4.79 Å². The molecule has 0 spiro atoms. The van der Waals surface area contributed by atoms with Crippen molar-refractivity contribution in [2.24, 2.45) is 5.92 Å². The summed E-state index contributed by atoms with van der Waals surface area (Å²) in [4.78, 5) is 12.5. The molecule has 0 saturated heterocycles. The van der Waals surface area contributed by atoms with Crippen LogP contribution in [0.15, 0.2) is 0 Å². The van der Waals surface area contributed by atoms with Crippen molar-refractivity contribution in [3.8, 4) is 0 Å². The first-order valence-electron chi connectivity index (χ1n) is 7.17. The van der Waals surface area contributed by atoms with E-state index in [0.29, 0.717) is 10.4 Å². The van der Waals surface area contributed by atoms with Gasteiger partial charge >= 0.3 is 6.09 Å². The van der Waals surface area contributed by atoms with Crippen molar-refractivity contribution in [3.63, 3.8) is 0 Å². The van der Waals surface area contributed by atoms with Gasteiger partial charge in [0, 0.05) is 5.92 Å². The van der Waals surface area contributed by atoms with Crippen molar-refractivity contribution >= 4 is 6.09 Å². The second-order valence-electron chi connectivity index (χ2n) is 6.54. The Morgan fingerprint density at radius 3 is 2.06 bits per heavy atom. The molecule has 0 rings (SSSR count). The van der Waals surface area contributed by atoms with Crippen molar-refractivity contribution in [1.82, 2.24) is 0 Å². The minimum Gasteiger partial charge on any atom is -0.414 e. The Hall–Kier alpha value is -0.570. The van der Waals surface area contributed by atoms with E-state index < -0.39 is 0 Å². The number of carbonyl (C=O) groups excluding carboxylic acids is 1. The standard InChI is InChI=1S/C15H32NO2/c1-9-13(5)11-16(8,12(3)4)14(17)18-15(6,7)10-2/h12-13H,9-11H2,1-8H3/q+1/t13-,16?/m1/s1. The molecule has 0 aromatic rings. The van der Waals surface area contributed by atoms with Gasteiger partial charge in [-0.2, -0.15) is 4.79 Å².